The van der Waals surface area contributed by atoms with Crippen molar-refractivity contribution >= 4 is 13.3 Å². The van der Waals surface area contributed by atoms with Gasteiger partial charge in [0.05, 0.1) is 0 Å². The van der Waals surface area contributed by atoms with E-state index in [4.69, 9.17) is 0 Å². The molecule has 0 atom stereocenters. The van der Waals surface area contributed by atoms with E-state index in [1.165, 1.54) is 21.4 Å². The molecular weight excluding hydrogens is 247 g/mol. The van der Waals surface area contributed by atoms with Gasteiger partial charge in [-0.1, -0.05) is 0 Å². The fourth-order valence-corrected chi connectivity index (χ4v) is 13.0. The Labute approximate surface area is 98.8 Å². The van der Waals surface area contributed by atoms with Gasteiger partial charge in [-0.2, -0.15) is 0 Å². The zero-order valence-electron chi connectivity index (χ0n) is 11.7. The molecule has 0 aliphatic heterocycles. The Morgan fingerprint density at radius 1 is 0.667 bits per heavy atom. The molecule has 0 rings (SSSR count). The van der Waals surface area contributed by atoms with Gasteiger partial charge in [-0.15, -0.1) is 0 Å². The Bertz CT molecular complexity index is 143. The first-order valence-corrected chi connectivity index (χ1v) is 11.7. The first-order valence-electron chi connectivity index (χ1n) is 5.75. The molecule has 0 fully saturated rings. The summed E-state index contributed by atoms with van der Waals surface area (Å²) < 4.78 is 0. The van der Waals surface area contributed by atoms with Crippen molar-refractivity contribution in [2.75, 3.05) is 58.4 Å². The quantitative estimate of drug-likeness (QED) is 0.635. The molecule has 0 aliphatic rings. The fourth-order valence-electron chi connectivity index (χ4n) is 2.50. The summed E-state index contributed by atoms with van der Waals surface area (Å²) in [6.45, 7) is 2.39. The van der Waals surface area contributed by atoms with Crippen LogP contribution in [0.4, 0.5) is 0 Å². The van der Waals surface area contributed by atoms with E-state index in [-0.39, 0.29) is 0 Å². The molecule has 0 unspecified atom stereocenters. The summed E-state index contributed by atoms with van der Waals surface area (Å²) >= 11 is -1.73. The van der Waals surface area contributed by atoms with E-state index in [9.17, 15) is 0 Å². The predicted octanol–water partition coefficient (Wildman–Crippen LogP) is 0.758. The number of rotatable bonds is 7. The first-order chi connectivity index (χ1) is 6.81. The van der Waals surface area contributed by atoms with Crippen molar-refractivity contribution in [3.05, 3.63) is 0 Å². The van der Waals surface area contributed by atoms with Crippen molar-refractivity contribution in [2.24, 2.45) is 0 Å². The SMILES string of the molecule is C[CH2][Ge]([CH2]N(C)C)([CH2]N(C)C)[CH2]N(C)C. The molecule has 0 aliphatic carbocycles. The summed E-state index contributed by atoms with van der Waals surface area (Å²) in [5.74, 6) is 0. The molecule has 0 bridgehead atoms. The number of nitrogens with zero attached hydrogens (tertiary/aromatic N) is 3. The topological polar surface area (TPSA) is 9.72 Å². The molecule has 92 valence electrons. The van der Waals surface area contributed by atoms with Crippen LogP contribution in [0.1, 0.15) is 6.92 Å². The summed E-state index contributed by atoms with van der Waals surface area (Å²) in [6.07, 6.45) is 0. The Morgan fingerprint density at radius 3 is 1.07 bits per heavy atom. The van der Waals surface area contributed by atoms with E-state index < -0.39 is 13.3 Å². The average molecular weight is 276 g/mol. The number of hydrogen-bond donors (Lipinski definition) is 0. The third-order valence-electron chi connectivity index (χ3n) is 2.70. The Balaban J connectivity index is 4.59. The molecule has 3 nitrogen and oxygen atoms in total. The maximum atomic E-state index is 2.39. The maximum absolute atomic E-state index is 2.39. The third-order valence-corrected chi connectivity index (χ3v) is 14.1. The zero-order chi connectivity index (χ0) is 12.1. The molecular formula is C11H29GeN3. The van der Waals surface area contributed by atoms with Gasteiger partial charge in [-0.05, 0) is 0 Å². The van der Waals surface area contributed by atoms with E-state index in [2.05, 4.69) is 63.9 Å². The molecule has 0 aromatic rings. The van der Waals surface area contributed by atoms with Crippen molar-refractivity contribution in [1.82, 2.24) is 14.7 Å². The van der Waals surface area contributed by atoms with Crippen LogP contribution in [-0.2, 0) is 0 Å². The van der Waals surface area contributed by atoms with Crippen molar-refractivity contribution in [3.8, 4) is 0 Å². The molecule has 0 spiro atoms. The van der Waals surface area contributed by atoms with Crippen LogP contribution < -0.4 is 0 Å². The van der Waals surface area contributed by atoms with Gasteiger partial charge in [0.15, 0.2) is 0 Å². The van der Waals surface area contributed by atoms with Crippen LogP contribution in [0.5, 0.6) is 0 Å². The van der Waals surface area contributed by atoms with E-state index in [0.29, 0.717) is 0 Å². The van der Waals surface area contributed by atoms with Crippen molar-refractivity contribution in [2.45, 2.75) is 12.2 Å². The van der Waals surface area contributed by atoms with Gasteiger partial charge in [0.1, 0.15) is 0 Å². The van der Waals surface area contributed by atoms with Crippen LogP contribution in [0, 0.1) is 0 Å². The Morgan fingerprint density at radius 2 is 0.933 bits per heavy atom. The molecule has 0 radical (unpaired) electrons. The zero-order valence-corrected chi connectivity index (χ0v) is 13.8. The van der Waals surface area contributed by atoms with Crippen LogP contribution in [0.15, 0.2) is 0 Å². The molecule has 4 heteroatoms. The minimum absolute atomic E-state index is 1.34. The van der Waals surface area contributed by atoms with Crippen LogP contribution in [-0.4, -0.2) is 86.4 Å². The van der Waals surface area contributed by atoms with Gasteiger partial charge in [-0.3, -0.25) is 0 Å². The molecule has 0 saturated carbocycles. The second kappa shape index (κ2) is 6.89. The van der Waals surface area contributed by atoms with Gasteiger partial charge in [0.2, 0.25) is 0 Å². The van der Waals surface area contributed by atoms with Gasteiger partial charge >= 0.3 is 98.6 Å². The van der Waals surface area contributed by atoms with E-state index in [1.807, 2.05) is 0 Å². The van der Waals surface area contributed by atoms with Gasteiger partial charge in [0.25, 0.3) is 0 Å². The van der Waals surface area contributed by atoms with Gasteiger partial charge in [0, 0.05) is 0 Å². The van der Waals surface area contributed by atoms with Gasteiger partial charge < -0.3 is 0 Å². The molecule has 0 amide bonds. The molecule has 0 aromatic heterocycles. The second-order valence-corrected chi connectivity index (χ2v) is 15.3. The van der Waals surface area contributed by atoms with Crippen LogP contribution in [0.2, 0.25) is 5.25 Å². The summed E-state index contributed by atoms with van der Waals surface area (Å²) in [6, 6.07) is 0. The molecule has 0 aromatic carbocycles. The molecule has 0 saturated heterocycles. The first kappa shape index (κ1) is 15.4. The van der Waals surface area contributed by atoms with Crippen molar-refractivity contribution in [1.29, 1.82) is 0 Å². The Kier molecular flexibility index (Phi) is 7.08. The molecule has 15 heavy (non-hydrogen) atoms. The summed E-state index contributed by atoms with van der Waals surface area (Å²) in [5, 5.41) is 5.43. The summed E-state index contributed by atoms with van der Waals surface area (Å²) in [7, 11) is 13.3. The normalized spacial score (nSPS) is 13.2. The van der Waals surface area contributed by atoms with E-state index >= 15 is 0 Å². The van der Waals surface area contributed by atoms with Crippen LogP contribution >= 0.6 is 0 Å². The summed E-state index contributed by atoms with van der Waals surface area (Å²) in [5.41, 5.74) is 0. The van der Waals surface area contributed by atoms with Crippen LogP contribution in [0.3, 0.4) is 0 Å². The van der Waals surface area contributed by atoms with Crippen molar-refractivity contribution < 1.29 is 0 Å². The minimum atomic E-state index is -1.73. The Hall–Kier alpha value is 0.423. The molecule has 0 heterocycles. The van der Waals surface area contributed by atoms with E-state index in [1.54, 1.807) is 0 Å². The average Bonchev–Trinajstić information content (AvgIpc) is 1.99. The standard InChI is InChI=1S/C11H29GeN3/c1-8-12(9-13(2)3,10-14(4)5)11-15(6)7/h8-11H2,1-7H3. The summed E-state index contributed by atoms with van der Waals surface area (Å²) in [4.78, 5) is 7.16. The van der Waals surface area contributed by atoms with E-state index in [0.717, 1.165) is 0 Å². The number of hydrogen-bond acceptors (Lipinski definition) is 3. The predicted molar refractivity (Wildman–Crippen MR) is 71.9 cm³/mol. The van der Waals surface area contributed by atoms with Gasteiger partial charge in [-0.25, -0.2) is 0 Å². The monoisotopic (exact) mass is 277 g/mol. The fraction of sp³-hybridized carbons (Fsp3) is 1.00. The third kappa shape index (κ3) is 6.56. The van der Waals surface area contributed by atoms with Crippen molar-refractivity contribution in [3.63, 3.8) is 0 Å². The van der Waals surface area contributed by atoms with Crippen LogP contribution in [0.25, 0.3) is 0 Å². The molecule has 0 N–H and O–H groups in total. The second-order valence-electron chi connectivity index (χ2n) is 5.57.